The Labute approximate surface area is 286 Å². The molecular formula is C34H40F8IrN4-4. The topological polar surface area (TPSA) is 56.4 Å². The summed E-state index contributed by atoms with van der Waals surface area (Å²) < 4.78 is 100. The van der Waals surface area contributed by atoms with Crippen LogP contribution in [-0.4, -0.2) is 62.7 Å². The molecule has 47 heavy (non-hydrogen) atoms. The van der Waals surface area contributed by atoms with Crippen molar-refractivity contribution in [3.63, 3.8) is 0 Å². The predicted molar refractivity (Wildman–Crippen MR) is 163 cm³/mol. The second-order valence-corrected chi connectivity index (χ2v) is 12.3. The van der Waals surface area contributed by atoms with Gasteiger partial charge in [-0.2, -0.15) is 38.4 Å². The van der Waals surface area contributed by atoms with Gasteiger partial charge in [-0.05, 0) is 36.1 Å². The third kappa shape index (κ3) is 13.0. The minimum absolute atomic E-state index is 0. The summed E-state index contributed by atoms with van der Waals surface area (Å²) >= 11 is 0. The van der Waals surface area contributed by atoms with Crippen LogP contribution in [-0.2, 0) is 20.1 Å². The molecule has 4 saturated heterocycles. The molecule has 4 heterocycles. The molecule has 4 nitrogen and oxygen atoms in total. The Bertz CT molecular complexity index is 1050. The van der Waals surface area contributed by atoms with Crippen molar-refractivity contribution in [1.29, 1.82) is 0 Å². The average Bonchev–Trinajstić information content (AvgIpc) is 3.06. The zero-order valence-electron chi connectivity index (χ0n) is 26.0. The fourth-order valence-electron chi connectivity index (χ4n) is 6.13. The van der Waals surface area contributed by atoms with Crippen LogP contribution in [0.3, 0.4) is 0 Å². The largest absolute Gasteiger partial charge is 0.660 e. The summed E-state index contributed by atoms with van der Waals surface area (Å²) in [6.45, 7) is 1.30. The van der Waals surface area contributed by atoms with Crippen LogP contribution in [0.4, 0.5) is 35.1 Å². The molecule has 13 heteroatoms. The molecule has 0 aromatic heterocycles. The molecule has 0 aromatic rings. The minimum Gasteiger partial charge on any atom is -0.660 e. The summed E-state index contributed by atoms with van der Waals surface area (Å²) in [6, 6.07) is -0.172. The first-order chi connectivity index (χ1) is 21.9. The van der Waals surface area contributed by atoms with Gasteiger partial charge >= 0.3 is 12.4 Å². The van der Waals surface area contributed by atoms with Crippen LogP contribution in [0.1, 0.15) is 64.2 Å². The van der Waals surface area contributed by atoms with Gasteiger partial charge in [-0.15, -0.1) is 49.7 Å². The molecule has 6 atom stereocenters. The summed E-state index contributed by atoms with van der Waals surface area (Å²) in [5.41, 5.74) is 7.93. The number of halogens is 8. The van der Waals surface area contributed by atoms with Crippen molar-refractivity contribution in [2.45, 2.75) is 101 Å². The number of rotatable bonds is 3. The van der Waals surface area contributed by atoms with Gasteiger partial charge in [-0.1, -0.05) is 63.5 Å². The van der Waals surface area contributed by atoms with Gasteiger partial charge in [0.05, 0.1) is 0 Å². The van der Waals surface area contributed by atoms with Crippen molar-refractivity contribution in [3.8, 4) is 0 Å². The third-order valence-corrected chi connectivity index (χ3v) is 8.90. The molecule has 0 aromatic carbocycles. The first kappa shape index (κ1) is 39.9. The Morgan fingerprint density at radius 2 is 0.936 bits per heavy atom. The van der Waals surface area contributed by atoms with Gasteiger partial charge in [-0.25, -0.2) is 8.78 Å². The Balaban J connectivity index is 0.000000196. The van der Waals surface area contributed by atoms with Gasteiger partial charge in [0.25, 0.3) is 0 Å². The van der Waals surface area contributed by atoms with E-state index < -0.39 is 24.2 Å². The SMILES string of the molecule is FC(F)(F)C1CCC(C2CCC(C(F)(F)F)C[N-]2)[N-]C1.F[C]1C=C=C(C2CCCC[N-]2)C=C1.F[C]1C=C=C(C2CCCC[N-]2)C=C1.[Ir]. The fourth-order valence-corrected chi connectivity index (χ4v) is 6.13. The fraction of sp³-hybridized carbons (Fsp3) is 0.647. The molecule has 6 unspecified atom stereocenters. The van der Waals surface area contributed by atoms with Gasteiger partial charge in [0.2, 0.25) is 0 Å². The maximum atomic E-state index is 12.6. The van der Waals surface area contributed by atoms with E-state index in [1.54, 1.807) is 12.2 Å². The molecule has 6 rings (SSSR count). The first-order valence-corrected chi connectivity index (χ1v) is 16.0. The number of hydrogen-bond acceptors (Lipinski definition) is 0. The number of hydrogen-bond donors (Lipinski definition) is 0. The molecule has 4 fully saturated rings. The predicted octanol–water partition coefficient (Wildman–Crippen LogP) is 10.5. The smallest absolute Gasteiger partial charge is 0.390 e. The average molecular weight is 849 g/mol. The van der Waals surface area contributed by atoms with E-state index in [1.165, 1.54) is 50.0 Å². The van der Waals surface area contributed by atoms with Crippen molar-refractivity contribution >= 4 is 0 Å². The molecule has 3 radical (unpaired) electrons. The molecular weight excluding hydrogens is 809 g/mol. The third-order valence-electron chi connectivity index (χ3n) is 8.90. The monoisotopic (exact) mass is 849 g/mol. The van der Waals surface area contributed by atoms with E-state index in [4.69, 9.17) is 0 Å². The van der Waals surface area contributed by atoms with E-state index in [-0.39, 0.29) is 95.4 Å². The van der Waals surface area contributed by atoms with E-state index in [2.05, 4.69) is 32.7 Å². The van der Waals surface area contributed by atoms with E-state index in [0.717, 1.165) is 37.1 Å². The number of allylic oxidation sites excluding steroid dienone is 2. The molecule has 2 aliphatic carbocycles. The van der Waals surface area contributed by atoms with Crippen LogP contribution in [0, 0.1) is 24.2 Å². The van der Waals surface area contributed by atoms with Crippen LogP contribution >= 0.6 is 0 Å². The van der Waals surface area contributed by atoms with Crippen molar-refractivity contribution in [1.82, 2.24) is 0 Å². The van der Waals surface area contributed by atoms with Gasteiger partial charge in [0, 0.05) is 44.1 Å². The summed E-state index contributed by atoms with van der Waals surface area (Å²) in [7, 11) is 0. The van der Waals surface area contributed by atoms with E-state index >= 15 is 0 Å². The number of alkyl halides is 6. The first-order valence-electron chi connectivity index (χ1n) is 16.0. The van der Waals surface area contributed by atoms with Gasteiger partial charge in [0.15, 0.2) is 12.3 Å². The Morgan fingerprint density at radius 3 is 1.19 bits per heavy atom. The molecule has 0 amide bonds. The van der Waals surface area contributed by atoms with Crippen LogP contribution in [0.15, 0.2) is 59.1 Å². The quantitative estimate of drug-likeness (QED) is 0.201. The normalized spacial score (nSPS) is 31.7. The Hall–Kier alpha value is -1.55. The molecule has 0 saturated carbocycles. The Kier molecular flexibility index (Phi) is 16.1. The summed E-state index contributed by atoms with van der Waals surface area (Å²) in [5.74, 6) is -2.82. The standard InChI is InChI=1S/C12H16F6N2.2C11H12FN.Ir/c13-11(14,15)7-1-3-9(19-5-7)10-4-2-8(6-20-10)12(16,17)18;2*12-10-6-4-9(5-7-10)11-3-1-2-8-13-11;/h7-10H,1-6H2;2*4,6-7,11H,1-3,8H2;/q-2;2*-1;. The molecule has 0 spiro atoms. The van der Waals surface area contributed by atoms with Gasteiger partial charge < -0.3 is 21.3 Å². The zero-order valence-corrected chi connectivity index (χ0v) is 28.4. The van der Waals surface area contributed by atoms with E-state index in [9.17, 15) is 35.1 Å². The van der Waals surface area contributed by atoms with Gasteiger partial charge in [-0.3, -0.25) is 0 Å². The Morgan fingerprint density at radius 1 is 0.532 bits per heavy atom. The molecule has 6 aliphatic rings. The minimum atomic E-state index is -4.24. The van der Waals surface area contributed by atoms with Crippen LogP contribution in [0.25, 0.3) is 21.3 Å². The molecule has 265 valence electrons. The molecule has 0 bridgehead atoms. The second kappa shape index (κ2) is 19.0. The maximum absolute atomic E-state index is 12.6. The summed E-state index contributed by atoms with van der Waals surface area (Å²) in [5, 5.41) is 16.9. The van der Waals surface area contributed by atoms with Gasteiger partial charge in [0.1, 0.15) is 0 Å². The summed E-state index contributed by atoms with van der Waals surface area (Å²) in [6.07, 6.45) is 7.90. The number of piperidine rings is 4. The van der Waals surface area contributed by atoms with Crippen LogP contribution in [0.5, 0.6) is 0 Å². The second-order valence-electron chi connectivity index (χ2n) is 12.3. The van der Waals surface area contributed by atoms with Crippen molar-refractivity contribution in [3.05, 3.63) is 92.7 Å². The van der Waals surface area contributed by atoms with E-state index in [0.29, 0.717) is 0 Å². The van der Waals surface area contributed by atoms with Crippen molar-refractivity contribution in [2.75, 3.05) is 26.2 Å². The van der Waals surface area contributed by atoms with E-state index in [1.807, 2.05) is 0 Å². The van der Waals surface area contributed by atoms with Crippen LogP contribution < -0.4 is 0 Å². The molecule has 0 N–H and O–H groups in total. The number of nitrogens with zero attached hydrogens (tertiary/aromatic N) is 4. The van der Waals surface area contributed by atoms with Crippen LogP contribution in [0.2, 0.25) is 0 Å². The summed E-state index contributed by atoms with van der Waals surface area (Å²) in [4.78, 5) is 0. The van der Waals surface area contributed by atoms with Crippen molar-refractivity contribution < 1.29 is 55.2 Å². The zero-order chi connectivity index (χ0) is 33.2. The molecule has 4 aliphatic heterocycles. The maximum Gasteiger partial charge on any atom is 0.390 e. The van der Waals surface area contributed by atoms with Crippen molar-refractivity contribution in [2.24, 2.45) is 11.8 Å².